The number of anilines is 1. The second kappa shape index (κ2) is 5.71. The lowest BCUT2D eigenvalue weighted by atomic mass is 10.2. The number of hydrogen-bond acceptors (Lipinski definition) is 5. The number of aromatic nitrogens is 2. The fraction of sp³-hybridized carbons (Fsp3) is 0.643. The van der Waals surface area contributed by atoms with E-state index in [2.05, 4.69) is 23.6 Å². The van der Waals surface area contributed by atoms with Gasteiger partial charge in [-0.15, -0.1) is 11.3 Å². The van der Waals surface area contributed by atoms with Gasteiger partial charge in [-0.1, -0.05) is 13.8 Å². The van der Waals surface area contributed by atoms with E-state index in [0.29, 0.717) is 6.04 Å². The first-order valence-electron chi connectivity index (χ1n) is 7.32. The summed E-state index contributed by atoms with van der Waals surface area (Å²) in [6, 6.07) is 0.608. The van der Waals surface area contributed by atoms with Gasteiger partial charge >= 0.3 is 0 Å². The number of fused-ring (bicyclic) bond motifs is 1. The van der Waals surface area contributed by atoms with E-state index < -0.39 is 0 Å². The highest BCUT2D eigenvalue weighted by molar-refractivity contribution is 7.15. The van der Waals surface area contributed by atoms with Crippen molar-refractivity contribution in [1.82, 2.24) is 14.3 Å². The molecule has 0 aromatic carbocycles. The summed E-state index contributed by atoms with van der Waals surface area (Å²) in [7, 11) is 0. The molecule has 1 saturated heterocycles. The van der Waals surface area contributed by atoms with Gasteiger partial charge in [-0.3, -0.25) is 9.30 Å². The molecule has 2 aromatic rings. The number of hydrogen-bond donors (Lipinski definition) is 1. The monoisotopic (exact) mass is 294 g/mol. The van der Waals surface area contributed by atoms with E-state index in [0.717, 1.165) is 42.7 Å². The summed E-state index contributed by atoms with van der Waals surface area (Å²) in [5.74, 6) is 0.967. The Balaban J connectivity index is 1.84. The number of thiazole rings is 1. The van der Waals surface area contributed by atoms with Gasteiger partial charge in [0.1, 0.15) is 0 Å². The molecule has 0 aliphatic carbocycles. The normalized spacial score (nSPS) is 19.6. The summed E-state index contributed by atoms with van der Waals surface area (Å²) in [5, 5.41) is 11.7. The molecular formula is C14H22N4OS. The van der Waals surface area contributed by atoms with Crippen LogP contribution in [0.15, 0.2) is 11.6 Å². The molecule has 1 fully saturated rings. The van der Waals surface area contributed by atoms with Crippen LogP contribution >= 0.6 is 11.3 Å². The Labute approximate surface area is 123 Å². The van der Waals surface area contributed by atoms with E-state index >= 15 is 0 Å². The van der Waals surface area contributed by atoms with Crippen molar-refractivity contribution in [2.75, 3.05) is 31.1 Å². The van der Waals surface area contributed by atoms with Gasteiger partial charge in [0.25, 0.3) is 0 Å². The van der Waals surface area contributed by atoms with Crippen LogP contribution in [0.2, 0.25) is 0 Å². The predicted molar refractivity (Wildman–Crippen MR) is 82.5 cm³/mol. The van der Waals surface area contributed by atoms with Gasteiger partial charge in [-0.2, -0.15) is 0 Å². The maximum atomic E-state index is 9.66. The molecule has 0 bridgehead atoms. The van der Waals surface area contributed by atoms with Gasteiger partial charge in [-0.05, 0) is 19.5 Å². The topological polar surface area (TPSA) is 44.0 Å². The van der Waals surface area contributed by atoms with E-state index in [-0.39, 0.29) is 6.61 Å². The Bertz CT molecular complexity index is 575. The van der Waals surface area contributed by atoms with Crippen molar-refractivity contribution in [1.29, 1.82) is 0 Å². The van der Waals surface area contributed by atoms with E-state index in [1.165, 1.54) is 6.42 Å². The van der Waals surface area contributed by atoms with Gasteiger partial charge in [0.2, 0.25) is 0 Å². The van der Waals surface area contributed by atoms with E-state index in [9.17, 15) is 5.11 Å². The Morgan fingerprint density at radius 1 is 1.45 bits per heavy atom. The average molecular weight is 294 g/mol. The number of aliphatic hydroxyl groups excluding tert-OH is 1. The second-order valence-corrected chi connectivity index (χ2v) is 6.08. The Morgan fingerprint density at radius 2 is 2.25 bits per heavy atom. The van der Waals surface area contributed by atoms with Crippen LogP contribution in [0.25, 0.3) is 4.96 Å². The van der Waals surface area contributed by atoms with Gasteiger partial charge in [0.15, 0.2) is 10.8 Å². The molecule has 3 rings (SSSR count). The Morgan fingerprint density at radius 3 is 2.95 bits per heavy atom. The van der Waals surface area contributed by atoms with Crippen LogP contribution < -0.4 is 4.90 Å². The summed E-state index contributed by atoms with van der Waals surface area (Å²) >= 11 is 1.62. The Hall–Kier alpha value is -1.11. The lowest BCUT2D eigenvalue weighted by Gasteiger charge is -2.26. The Kier molecular flexibility index (Phi) is 3.96. The molecule has 110 valence electrons. The quantitative estimate of drug-likeness (QED) is 0.913. The van der Waals surface area contributed by atoms with E-state index in [1.807, 2.05) is 16.0 Å². The smallest absolute Gasteiger partial charge is 0.195 e. The van der Waals surface area contributed by atoms with Crippen LogP contribution in [0.5, 0.6) is 0 Å². The fourth-order valence-electron chi connectivity index (χ4n) is 3.19. The minimum absolute atomic E-state index is 0.0413. The van der Waals surface area contributed by atoms with Crippen molar-refractivity contribution < 1.29 is 5.11 Å². The lowest BCUT2D eigenvalue weighted by Crippen LogP contribution is -2.37. The zero-order valence-electron chi connectivity index (χ0n) is 12.1. The third kappa shape index (κ3) is 2.21. The SMILES string of the molecule is CCN(CC)C1CCN(c2nc3sccn3c2CO)C1. The van der Waals surface area contributed by atoms with Crippen LogP contribution in [0.4, 0.5) is 5.82 Å². The van der Waals surface area contributed by atoms with Crippen molar-refractivity contribution in [3.05, 3.63) is 17.3 Å². The highest BCUT2D eigenvalue weighted by Gasteiger charge is 2.29. The van der Waals surface area contributed by atoms with Gasteiger partial charge in [0, 0.05) is 30.7 Å². The second-order valence-electron chi connectivity index (χ2n) is 5.21. The number of nitrogens with zero attached hydrogens (tertiary/aromatic N) is 4. The summed E-state index contributed by atoms with van der Waals surface area (Å²) in [6.45, 7) is 8.72. The molecule has 1 unspecified atom stereocenters. The van der Waals surface area contributed by atoms with Crippen LogP contribution in [0, 0.1) is 0 Å². The molecule has 1 aliphatic heterocycles. The first-order chi connectivity index (χ1) is 9.78. The highest BCUT2D eigenvalue weighted by atomic mass is 32.1. The minimum Gasteiger partial charge on any atom is -0.390 e. The standard InChI is InChI=1S/C14H22N4OS/c1-3-16(4-2)11-5-6-17(9-11)13-12(10-19)18-7-8-20-14(18)15-13/h7-8,11,19H,3-6,9-10H2,1-2H3. The molecule has 0 radical (unpaired) electrons. The van der Waals surface area contributed by atoms with Crippen molar-refractivity contribution >= 4 is 22.1 Å². The van der Waals surface area contributed by atoms with Crippen LogP contribution in [-0.2, 0) is 6.61 Å². The highest BCUT2D eigenvalue weighted by Crippen LogP contribution is 2.28. The zero-order chi connectivity index (χ0) is 14.1. The van der Waals surface area contributed by atoms with Crippen LogP contribution in [-0.4, -0.2) is 51.6 Å². The molecule has 1 N–H and O–H groups in total. The summed E-state index contributed by atoms with van der Waals surface area (Å²) in [4.78, 5) is 10.5. The summed E-state index contributed by atoms with van der Waals surface area (Å²) in [5.41, 5.74) is 0.918. The maximum Gasteiger partial charge on any atom is 0.195 e. The first kappa shape index (κ1) is 13.9. The fourth-order valence-corrected chi connectivity index (χ4v) is 3.92. The predicted octanol–water partition coefficient (Wildman–Crippen LogP) is 1.81. The molecule has 0 amide bonds. The maximum absolute atomic E-state index is 9.66. The molecule has 1 atom stereocenters. The molecule has 2 aromatic heterocycles. The summed E-state index contributed by atoms with van der Waals surface area (Å²) in [6.07, 6.45) is 3.16. The van der Waals surface area contributed by atoms with Gasteiger partial charge < -0.3 is 10.0 Å². The molecule has 1 aliphatic rings. The molecule has 20 heavy (non-hydrogen) atoms. The molecule has 6 heteroatoms. The average Bonchev–Trinajstić information content (AvgIpc) is 3.14. The number of aliphatic hydroxyl groups is 1. The minimum atomic E-state index is 0.0413. The lowest BCUT2D eigenvalue weighted by molar-refractivity contribution is 0.232. The van der Waals surface area contributed by atoms with Crippen LogP contribution in [0.3, 0.4) is 0 Å². The van der Waals surface area contributed by atoms with Crippen LogP contribution in [0.1, 0.15) is 26.0 Å². The third-order valence-corrected chi connectivity index (χ3v) is 5.04. The van der Waals surface area contributed by atoms with E-state index in [1.54, 1.807) is 11.3 Å². The number of rotatable bonds is 5. The van der Waals surface area contributed by atoms with Crippen molar-refractivity contribution in [3.63, 3.8) is 0 Å². The molecule has 3 heterocycles. The van der Waals surface area contributed by atoms with Crippen molar-refractivity contribution in [2.24, 2.45) is 0 Å². The van der Waals surface area contributed by atoms with Gasteiger partial charge in [-0.25, -0.2) is 4.98 Å². The number of imidazole rings is 1. The summed E-state index contributed by atoms with van der Waals surface area (Å²) < 4.78 is 2.00. The molecule has 0 saturated carbocycles. The zero-order valence-corrected chi connectivity index (χ0v) is 12.9. The number of likely N-dealkylation sites (N-methyl/N-ethyl adjacent to an activating group) is 1. The molecule has 0 spiro atoms. The first-order valence-corrected chi connectivity index (χ1v) is 8.20. The molecular weight excluding hydrogens is 272 g/mol. The van der Waals surface area contributed by atoms with Gasteiger partial charge in [0.05, 0.1) is 12.3 Å². The van der Waals surface area contributed by atoms with Crippen molar-refractivity contribution in [2.45, 2.75) is 32.9 Å². The van der Waals surface area contributed by atoms with E-state index in [4.69, 9.17) is 4.98 Å². The van der Waals surface area contributed by atoms with Crippen molar-refractivity contribution in [3.8, 4) is 0 Å². The largest absolute Gasteiger partial charge is 0.390 e. The third-order valence-electron chi connectivity index (χ3n) is 4.28. The molecule has 5 nitrogen and oxygen atoms in total.